The molecule has 0 aliphatic carbocycles. The highest BCUT2D eigenvalue weighted by atomic mass is 32.1. The molecule has 0 fully saturated rings. The predicted octanol–water partition coefficient (Wildman–Crippen LogP) is 4.09. The molecule has 144 valence electrons. The van der Waals surface area contributed by atoms with Gasteiger partial charge in [-0.3, -0.25) is 9.20 Å². The molecule has 0 saturated carbocycles. The Bertz CT molecular complexity index is 1120. The summed E-state index contributed by atoms with van der Waals surface area (Å²) in [6, 6.07) is 11.6. The van der Waals surface area contributed by atoms with Crippen LogP contribution in [0.25, 0.3) is 15.7 Å². The minimum Gasteiger partial charge on any atom is -0.490 e. The van der Waals surface area contributed by atoms with Crippen molar-refractivity contribution >= 4 is 33.0 Å². The van der Waals surface area contributed by atoms with E-state index in [0.29, 0.717) is 12.1 Å². The van der Waals surface area contributed by atoms with E-state index in [2.05, 4.69) is 15.5 Å². The molecule has 0 bridgehead atoms. The maximum atomic E-state index is 12.6. The van der Waals surface area contributed by atoms with Crippen LogP contribution in [0.2, 0.25) is 0 Å². The third kappa shape index (κ3) is 3.84. The van der Waals surface area contributed by atoms with Gasteiger partial charge in [0.05, 0.1) is 6.10 Å². The number of carbonyl (C=O) groups is 1. The molecule has 0 spiro atoms. The Kier molecular flexibility index (Phi) is 5.25. The summed E-state index contributed by atoms with van der Waals surface area (Å²) in [5.74, 6) is 1.57. The second-order valence-corrected chi connectivity index (χ2v) is 7.83. The van der Waals surface area contributed by atoms with Gasteiger partial charge in [-0.2, -0.15) is 0 Å². The highest BCUT2D eigenvalue weighted by Crippen LogP contribution is 2.32. The summed E-state index contributed by atoms with van der Waals surface area (Å²) in [4.78, 5) is 12.6. The van der Waals surface area contributed by atoms with Crippen molar-refractivity contribution < 1.29 is 9.53 Å². The highest BCUT2D eigenvalue weighted by Gasteiger charge is 2.13. The number of pyridine rings is 1. The number of fused-ring (bicyclic) bond motifs is 2. The third-order valence-electron chi connectivity index (χ3n) is 4.41. The van der Waals surface area contributed by atoms with Crippen molar-refractivity contribution in [3.8, 4) is 5.75 Å². The van der Waals surface area contributed by atoms with Crippen LogP contribution in [0.15, 0.2) is 48.0 Å². The van der Waals surface area contributed by atoms with Gasteiger partial charge < -0.3 is 10.1 Å². The van der Waals surface area contributed by atoms with Crippen LogP contribution >= 0.6 is 11.3 Å². The Balaban J connectivity index is 1.39. The van der Waals surface area contributed by atoms with E-state index in [9.17, 15) is 4.79 Å². The van der Waals surface area contributed by atoms with Gasteiger partial charge in [-0.15, -0.1) is 21.5 Å². The van der Waals surface area contributed by atoms with Gasteiger partial charge in [0, 0.05) is 34.8 Å². The van der Waals surface area contributed by atoms with Crippen molar-refractivity contribution in [3.05, 3.63) is 59.4 Å². The molecular formula is C21H22N4O2S. The van der Waals surface area contributed by atoms with Crippen LogP contribution in [-0.2, 0) is 6.42 Å². The van der Waals surface area contributed by atoms with Crippen molar-refractivity contribution in [3.63, 3.8) is 0 Å². The average Bonchev–Trinajstić information content (AvgIpc) is 3.31. The van der Waals surface area contributed by atoms with Gasteiger partial charge in [0.2, 0.25) is 0 Å². The van der Waals surface area contributed by atoms with Crippen molar-refractivity contribution in [1.29, 1.82) is 0 Å². The Morgan fingerprint density at radius 2 is 2.14 bits per heavy atom. The molecule has 4 rings (SSSR count). The number of thiophene rings is 1. The fraction of sp³-hybridized carbons (Fsp3) is 0.286. The summed E-state index contributed by atoms with van der Waals surface area (Å²) in [7, 11) is 0. The summed E-state index contributed by atoms with van der Waals surface area (Å²) in [5.41, 5.74) is 1.46. The Morgan fingerprint density at radius 3 is 3.00 bits per heavy atom. The average molecular weight is 395 g/mol. The third-order valence-corrected chi connectivity index (χ3v) is 5.27. The molecule has 1 aromatic carbocycles. The first-order chi connectivity index (χ1) is 13.6. The first-order valence-corrected chi connectivity index (χ1v) is 10.2. The fourth-order valence-electron chi connectivity index (χ4n) is 3.13. The largest absolute Gasteiger partial charge is 0.490 e. The molecule has 3 heterocycles. The predicted molar refractivity (Wildman–Crippen MR) is 111 cm³/mol. The van der Waals surface area contributed by atoms with Crippen LogP contribution in [0.3, 0.4) is 0 Å². The van der Waals surface area contributed by atoms with Crippen LogP contribution in [0, 0.1) is 0 Å². The molecule has 0 saturated heterocycles. The first kappa shape index (κ1) is 18.4. The van der Waals surface area contributed by atoms with Crippen molar-refractivity contribution in [2.24, 2.45) is 0 Å². The summed E-state index contributed by atoms with van der Waals surface area (Å²) in [6.07, 6.45) is 3.55. The van der Waals surface area contributed by atoms with Crippen LogP contribution in [-0.4, -0.2) is 33.2 Å². The molecule has 0 aliphatic rings. The van der Waals surface area contributed by atoms with E-state index >= 15 is 0 Å². The second-order valence-electron chi connectivity index (χ2n) is 6.88. The number of hydrogen-bond donors (Lipinski definition) is 1. The molecule has 0 radical (unpaired) electrons. The van der Waals surface area contributed by atoms with Gasteiger partial charge in [0.25, 0.3) is 5.91 Å². The van der Waals surface area contributed by atoms with Crippen LogP contribution in [0.5, 0.6) is 5.75 Å². The zero-order chi connectivity index (χ0) is 19.5. The molecule has 6 nitrogen and oxygen atoms in total. The van der Waals surface area contributed by atoms with Crippen molar-refractivity contribution in [1.82, 2.24) is 19.9 Å². The van der Waals surface area contributed by atoms with E-state index in [1.165, 1.54) is 0 Å². The van der Waals surface area contributed by atoms with Gasteiger partial charge in [0.1, 0.15) is 11.6 Å². The number of benzene rings is 1. The Morgan fingerprint density at radius 1 is 1.25 bits per heavy atom. The number of amides is 1. The lowest BCUT2D eigenvalue weighted by Crippen LogP contribution is -2.25. The lowest BCUT2D eigenvalue weighted by Gasteiger charge is -2.13. The zero-order valence-electron chi connectivity index (χ0n) is 15.9. The normalized spacial score (nSPS) is 11.4. The van der Waals surface area contributed by atoms with Crippen molar-refractivity contribution in [2.45, 2.75) is 32.8 Å². The number of rotatable bonds is 7. The molecular weight excluding hydrogens is 372 g/mol. The van der Waals surface area contributed by atoms with Gasteiger partial charge in [-0.05, 0) is 56.0 Å². The zero-order valence-corrected chi connectivity index (χ0v) is 16.7. The summed E-state index contributed by atoms with van der Waals surface area (Å²) >= 11 is 1.61. The molecule has 4 aromatic rings. The number of aryl methyl sites for hydroxylation is 1. The van der Waals surface area contributed by atoms with E-state index in [1.54, 1.807) is 11.3 Å². The van der Waals surface area contributed by atoms with E-state index < -0.39 is 0 Å². The maximum absolute atomic E-state index is 12.6. The molecule has 0 atom stereocenters. The summed E-state index contributed by atoms with van der Waals surface area (Å²) < 4.78 is 8.93. The lowest BCUT2D eigenvalue weighted by atomic mass is 10.1. The monoisotopic (exact) mass is 394 g/mol. The van der Waals surface area contributed by atoms with E-state index in [1.807, 2.05) is 66.2 Å². The number of carbonyl (C=O) groups excluding carboxylic acids is 1. The molecule has 1 N–H and O–H groups in total. The number of ether oxygens (including phenoxy) is 1. The van der Waals surface area contributed by atoms with Crippen LogP contribution < -0.4 is 10.1 Å². The first-order valence-electron chi connectivity index (χ1n) is 9.36. The molecule has 28 heavy (non-hydrogen) atoms. The number of aromatic nitrogens is 3. The van der Waals surface area contributed by atoms with Crippen molar-refractivity contribution in [2.75, 3.05) is 6.54 Å². The highest BCUT2D eigenvalue weighted by molar-refractivity contribution is 7.17. The van der Waals surface area contributed by atoms with Crippen LogP contribution in [0.4, 0.5) is 0 Å². The smallest absolute Gasteiger partial charge is 0.251 e. The van der Waals surface area contributed by atoms with Gasteiger partial charge >= 0.3 is 0 Å². The van der Waals surface area contributed by atoms with Crippen LogP contribution in [0.1, 0.15) is 36.5 Å². The minimum atomic E-state index is -0.0880. The molecule has 0 aliphatic heterocycles. The van der Waals surface area contributed by atoms with Gasteiger partial charge in [0.15, 0.2) is 5.65 Å². The number of nitrogens with zero attached hydrogens (tertiary/aromatic N) is 3. The fourth-order valence-corrected chi connectivity index (χ4v) is 3.97. The minimum absolute atomic E-state index is 0.0550. The summed E-state index contributed by atoms with van der Waals surface area (Å²) in [6.45, 7) is 4.54. The lowest BCUT2D eigenvalue weighted by molar-refractivity contribution is 0.0952. The summed E-state index contributed by atoms with van der Waals surface area (Å²) in [5, 5.41) is 14.4. The number of nitrogens with one attached hydrogen (secondary N) is 1. The van der Waals surface area contributed by atoms with Gasteiger partial charge in [-0.1, -0.05) is 6.07 Å². The van der Waals surface area contributed by atoms with Gasteiger partial charge in [-0.25, -0.2) is 0 Å². The molecule has 3 aromatic heterocycles. The second kappa shape index (κ2) is 7.98. The number of hydrogen-bond acceptors (Lipinski definition) is 5. The molecule has 1 amide bonds. The Hall–Kier alpha value is -2.93. The van der Waals surface area contributed by atoms with E-state index in [0.717, 1.165) is 40.1 Å². The topological polar surface area (TPSA) is 68.5 Å². The standard InChI is InChI=1S/C21H22N4O2S/c1-14(2)27-17-12-15(13-18-16(17)8-11-28-18)21(26)22-9-5-7-20-24-23-19-6-3-4-10-25(19)20/h3-4,6,8,10-14H,5,7,9H2,1-2H3,(H,22,26). The maximum Gasteiger partial charge on any atom is 0.251 e. The Labute approximate surface area is 167 Å². The van der Waals surface area contributed by atoms with E-state index in [4.69, 9.17) is 4.74 Å². The van der Waals surface area contributed by atoms with E-state index in [-0.39, 0.29) is 12.0 Å². The molecule has 0 unspecified atom stereocenters. The quantitative estimate of drug-likeness (QED) is 0.479. The SMILES string of the molecule is CC(C)Oc1cc(C(=O)NCCCc2nnc3ccccn23)cc2sccc12. The molecule has 7 heteroatoms.